The number of nitrogens with one attached hydrogen (secondary N) is 2. The van der Waals surface area contributed by atoms with Crippen LogP contribution in [0.2, 0.25) is 0 Å². The Kier molecular flexibility index (Phi) is 9.46. The van der Waals surface area contributed by atoms with Gasteiger partial charge in [0.2, 0.25) is 5.91 Å². The van der Waals surface area contributed by atoms with Crippen molar-refractivity contribution in [2.45, 2.75) is 45.3 Å². The Morgan fingerprint density at radius 3 is 2.28 bits per heavy atom. The van der Waals surface area contributed by atoms with Gasteiger partial charge in [-0.25, -0.2) is 0 Å². The second kappa shape index (κ2) is 12.3. The monoisotopic (exact) mass is 443 g/mol. The van der Waals surface area contributed by atoms with Gasteiger partial charge in [-0.15, -0.1) is 0 Å². The van der Waals surface area contributed by atoms with E-state index in [9.17, 15) is 19.7 Å². The number of ether oxygens (including phenoxy) is 2. The van der Waals surface area contributed by atoms with Crippen molar-refractivity contribution in [2.75, 3.05) is 19.0 Å². The van der Waals surface area contributed by atoms with E-state index in [1.165, 1.54) is 12.1 Å². The standard InChI is InChI=1S/C23H29N3O6/c1-16(2)32-23(28)15-21(17-6-12-20(31-3)13-7-17)25-22(27)5-4-14-24-18-8-10-19(11-9-18)26(29)30/h6-13,16,21,24H,4-5,14-15H2,1-3H3,(H,25,27)/t21-/m1/s1. The van der Waals surface area contributed by atoms with Crippen LogP contribution < -0.4 is 15.4 Å². The molecule has 0 spiro atoms. The highest BCUT2D eigenvalue weighted by atomic mass is 16.6. The van der Waals surface area contributed by atoms with Crippen molar-refractivity contribution < 1.29 is 24.0 Å². The number of amides is 1. The Balaban J connectivity index is 1.88. The molecule has 2 rings (SSSR count). The number of non-ortho nitro benzene ring substituents is 1. The molecule has 0 fully saturated rings. The summed E-state index contributed by atoms with van der Waals surface area (Å²) >= 11 is 0. The number of esters is 1. The van der Waals surface area contributed by atoms with E-state index < -0.39 is 11.0 Å². The van der Waals surface area contributed by atoms with Gasteiger partial charge in [-0.1, -0.05) is 12.1 Å². The fourth-order valence-corrected chi connectivity index (χ4v) is 3.02. The van der Waals surface area contributed by atoms with Crippen LogP contribution >= 0.6 is 0 Å². The zero-order valence-corrected chi connectivity index (χ0v) is 18.5. The second-order valence-electron chi connectivity index (χ2n) is 7.47. The molecule has 0 bridgehead atoms. The quantitative estimate of drug-likeness (QED) is 0.220. The summed E-state index contributed by atoms with van der Waals surface area (Å²) in [5.74, 6) is 0.107. The van der Waals surface area contributed by atoms with Crippen molar-refractivity contribution >= 4 is 23.3 Å². The van der Waals surface area contributed by atoms with Gasteiger partial charge in [0.05, 0.1) is 30.6 Å². The van der Waals surface area contributed by atoms with Crippen LogP contribution in [0.1, 0.15) is 44.7 Å². The number of hydrogen-bond donors (Lipinski definition) is 2. The molecule has 0 unspecified atom stereocenters. The third-order valence-electron chi connectivity index (χ3n) is 4.58. The second-order valence-corrected chi connectivity index (χ2v) is 7.47. The van der Waals surface area contributed by atoms with E-state index in [4.69, 9.17) is 9.47 Å². The molecule has 0 aliphatic carbocycles. The van der Waals surface area contributed by atoms with Gasteiger partial charge in [0.25, 0.3) is 5.69 Å². The Labute approximate surface area is 187 Å². The van der Waals surface area contributed by atoms with Crippen LogP contribution in [0.25, 0.3) is 0 Å². The van der Waals surface area contributed by atoms with Gasteiger partial charge in [-0.2, -0.15) is 0 Å². The first-order chi connectivity index (χ1) is 15.3. The number of anilines is 1. The maximum absolute atomic E-state index is 12.5. The summed E-state index contributed by atoms with van der Waals surface area (Å²) < 4.78 is 10.4. The number of carbonyl (C=O) groups excluding carboxylic acids is 2. The van der Waals surface area contributed by atoms with Gasteiger partial charge < -0.3 is 20.1 Å². The van der Waals surface area contributed by atoms with Crippen LogP contribution in [0.3, 0.4) is 0 Å². The largest absolute Gasteiger partial charge is 0.497 e. The topological polar surface area (TPSA) is 120 Å². The summed E-state index contributed by atoms with van der Waals surface area (Å²) in [4.78, 5) is 34.9. The normalized spacial score (nSPS) is 11.5. The minimum absolute atomic E-state index is 0.0236. The van der Waals surface area contributed by atoms with Gasteiger partial charge in [-0.3, -0.25) is 19.7 Å². The lowest BCUT2D eigenvalue weighted by molar-refractivity contribution is -0.384. The maximum atomic E-state index is 12.5. The molecule has 2 aromatic rings. The van der Waals surface area contributed by atoms with E-state index in [0.717, 1.165) is 11.3 Å². The Bertz CT molecular complexity index is 897. The molecular formula is C23H29N3O6. The lowest BCUT2D eigenvalue weighted by Gasteiger charge is -2.20. The lowest BCUT2D eigenvalue weighted by atomic mass is 10.0. The number of rotatable bonds is 12. The summed E-state index contributed by atoms with van der Waals surface area (Å²) in [6, 6.07) is 12.7. The fraction of sp³-hybridized carbons (Fsp3) is 0.391. The predicted molar refractivity (Wildman–Crippen MR) is 121 cm³/mol. The number of methoxy groups -OCH3 is 1. The summed E-state index contributed by atoms with van der Waals surface area (Å²) in [5, 5.41) is 16.7. The van der Waals surface area contributed by atoms with E-state index in [-0.39, 0.29) is 36.5 Å². The molecule has 2 aromatic carbocycles. The first-order valence-corrected chi connectivity index (χ1v) is 10.4. The van der Waals surface area contributed by atoms with E-state index in [1.807, 2.05) is 12.1 Å². The maximum Gasteiger partial charge on any atom is 0.308 e. The molecule has 32 heavy (non-hydrogen) atoms. The summed E-state index contributed by atoms with van der Waals surface area (Å²) in [7, 11) is 1.57. The molecule has 0 saturated carbocycles. The SMILES string of the molecule is COc1ccc([C@@H](CC(=O)OC(C)C)NC(=O)CCCNc2ccc([N+](=O)[O-])cc2)cc1. The molecule has 172 valence electrons. The molecule has 1 amide bonds. The Hall–Kier alpha value is -3.62. The number of nitro groups is 1. The third-order valence-corrected chi connectivity index (χ3v) is 4.58. The van der Waals surface area contributed by atoms with Crippen molar-refractivity contribution in [3.63, 3.8) is 0 Å². The molecular weight excluding hydrogens is 414 g/mol. The van der Waals surface area contributed by atoms with Gasteiger partial charge in [0, 0.05) is 30.8 Å². The van der Waals surface area contributed by atoms with Crippen LogP contribution in [0, 0.1) is 10.1 Å². The molecule has 0 aliphatic rings. The van der Waals surface area contributed by atoms with E-state index >= 15 is 0 Å². The number of benzene rings is 2. The van der Waals surface area contributed by atoms with Crippen LogP contribution in [-0.4, -0.2) is 36.6 Å². The van der Waals surface area contributed by atoms with E-state index in [0.29, 0.717) is 18.7 Å². The van der Waals surface area contributed by atoms with Crippen molar-refractivity contribution in [2.24, 2.45) is 0 Å². The minimum atomic E-state index is -0.512. The number of carbonyl (C=O) groups is 2. The zero-order chi connectivity index (χ0) is 23.5. The van der Waals surface area contributed by atoms with Gasteiger partial charge in [0.15, 0.2) is 0 Å². The molecule has 0 saturated heterocycles. The average molecular weight is 444 g/mol. The highest BCUT2D eigenvalue weighted by Gasteiger charge is 2.20. The van der Waals surface area contributed by atoms with Crippen LogP contribution in [0.15, 0.2) is 48.5 Å². The van der Waals surface area contributed by atoms with Crippen LogP contribution in [0.5, 0.6) is 5.75 Å². The molecule has 0 aliphatic heterocycles. The van der Waals surface area contributed by atoms with Crippen molar-refractivity contribution in [3.05, 3.63) is 64.2 Å². The van der Waals surface area contributed by atoms with Crippen LogP contribution in [-0.2, 0) is 14.3 Å². The molecule has 0 radical (unpaired) electrons. The number of nitro benzene ring substituents is 1. The first-order valence-electron chi connectivity index (χ1n) is 10.4. The fourth-order valence-electron chi connectivity index (χ4n) is 3.02. The summed E-state index contributed by atoms with van der Waals surface area (Å²) in [5.41, 5.74) is 1.54. The smallest absolute Gasteiger partial charge is 0.308 e. The van der Waals surface area contributed by atoms with Gasteiger partial charge >= 0.3 is 5.97 Å². The average Bonchev–Trinajstić information content (AvgIpc) is 2.76. The predicted octanol–water partition coefficient (Wildman–Crippen LogP) is 3.99. The Morgan fingerprint density at radius 1 is 1.06 bits per heavy atom. The third kappa shape index (κ3) is 8.25. The molecule has 0 aromatic heterocycles. The molecule has 1 atom stereocenters. The van der Waals surface area contributed by atoms with Gasteiger partial charge in [0.1, 0.15) is 5.75 Å². The van der Waals surface area contributed by atoms with Crippen molar-refractivity contribution in [1.29, 1.82) is 0 Å². The molecule has 0 heterocycles. The first kappa shape index (κ1) is 24.6. The lowest BCUT2D eigenvalue weighted by Crippen LogP contribution is -2.31. The van der Waals surface area contributed by atoms with Crippen molar-refractivity contribution in [1.82, 2.24) is 5.32 Å². The summed E-state index contributed by atoms with van der Waals surface area (Å²) in [6.07, 6.45) is 0.595. The minimum Gasteiger partial charge on any atom is -0.497 e. The van der Waals surface area contributed by atoms with Crippen LogP contribution in [0.4, 0.5) is 11.4 Å². The van der Waals surface area contributed by atoms with Crippen molar-refractivity contribution in [3.8, 4) is 5.75 Å². The summed E-state index contributed by atoms with van der Waals surface area (Å²) in [6.45, 7) is 4.07. The van der Waals surface area contributed by atoms with E-state index in [1.54, 1.807) is 45.2 Å². The molecule has 9 heteroatoms. The van der Waals surface area contributed by atoms with Gasteiger partial charge in [-0.05, 0) is 50.1 Å². The highest BCUT2D eigenvalue weighted by Crippen LogP contribution is 2.21. The molecule has 2 N–H and O–H groups in total. The number of nitrogens with zero attached hydrogens (tertiary/aromatic N) is 1. The Morgan fingerprint density at radius 2 is 1.72 bits per heavy atom. The molecule has 9 nitrogen and oxygen atoms in total. The number of hydrogen-bond acceptors (Lipinski definition) is 7. The van der Waals surface area contributed by atoms with E-state index in [2.05, 4.69) is 10.6 Å². The zero-order valence-electron chi connectivity index (χ0n) is 18.5. The highest BCUT2D eigenvalue weighted by molar-refractivity contribution is 5.78.